The quantitative estimate of drug-likeness (QED) is 0.312. The van der Waals surface area contributed by atoms with Crippen molar-refractivity contribution in [1.82, 2.24) is 20.2 Å². The van der Waals surface area contributed by atoms with Crippen LogP contribution >= 0.6 is 11.8 Å². The largest absolute Gasteiger partial charge is 0.504 e. The molecule has 0 aliphatic heterocycles. The van der Waals surface area contributed by atoms with Gasteiger partial charge in [-0.1, -0.05) is 48.2 Å². The molecule has 0 radical (unpaired) electrons. The number of Topliss-reactive ketones (excluding diaryl/α,β-unsaturated/α-hetero) is 1. The molecule has 134 valence electrons. The maximum absolute atomic E-state index is 12.4. The van der Waals surface area contributed by atoms with Crippen molar-refractivity contribution in [3.05, 3.63) is 66.2 Å². The Kier molecular flexibility index (Phi) is 4.47. The van der Waals surface area contributed by atoms with E-state index in [9.17, 15) is 15.0 Å². The molecule has 4 rings (SSSR count). The highest BCUT2D eigenvalue weighted by Crippen LogP contribution is 2.28. The molecule has 27 heavy (non-hydrogen) atoms. The van der Waals surface area contributed by atoms with Gasteiger partial charge < -0.3 is 10.2 Å². The summed E-state index contributed by atoms with van der Waals surface area (Å²) >= 11 is 1.20. The minimum absolute atomic E-state index is 0.0926. The van der Waals surface area contributed by atoms with Gasteiger partial charge in [0.25, 0.3) is 0 Å². The lowest BCUT2D eigenvalue weighted by atomic mass is 10.1. The van der Waals surface area contributed by atoms with Crippen molar-refractivity contribution in [2.24, 2.45) is 0 Å². The molecular formula is C19H14N4O3S. The Morgan fingerprint density at radius 2 is 1.81 bits per heavy atom. The highest BCUT2D eigenvalue weighted by molar-refractivity contribution is 7.99. The number of phenols is 2. The molecule has 0 fully saturated rings. The second-order valence-corrected chi connectivity index (χ2v) is 6.73. The van der Waals surface area contributed by atoms with Crippen molar-refractivity contribution in [2.45, 2.75) is 5.16 Å². The molecular weight excluding hydrogens is 364 g/mol. The van der Waals surface area contributed by atoms with Crippen molar-refractivity contribution in [3.63, 3.8) is 0 Å². The molecule has 4 aromatic rings. The molecule has 0 aliphatic carbocycles. The number of tetrazole rings is 1. The number of benzene rings is 3. The molecule has 0 saturated carbocycles. The lowest BCUT2D eigenvalue weighted by Crippen LogP contribution is -2.05. The number of carbonyl (C=O) groups excluding carboxylic acids is 1. The summed E-state index contributed by atoms with van der Waals surface area (Å²) in [6.45, 7) is 0. The van der Waals surface area contributed by atoms with Gasteiger partial charge in [-0.2, -0.15) is 4.68 Å². The number of aromatic hydroxyl groups is 2. The zero-order valence-electron chi connectivity index (χ0n) is 14.0. The van der Waals surface area contributed by atoms with Crippen LogP contribution in [0.15, 0.2) is 65.8 Å². The summed E-state index contributed by atoms with van der Waals surface area (Å²) in [5.74, 6) is -0.705. The first-order valence-electron chi connectivity index (χ1n) is 8.08. The zero-order chi connectivity index (χ0) is 18.8. The number of aromatic nitrogens is 4. The second-order valence-electron chi connectivity index (χ2n) is 5.79. The molecule has 8 heteroatoms. The summed E-state index contributed by atoms with van der Waals surface area (Å²) in [5.41, 5.74) is 1.14. The molecule has 0 spiro atoms. The number of hydrogen-bond acceptors (Lipinski definition) is 7. The van der Waals surface area contributed by atoms with Crippen LogP contribution in [0.3, 0.4) is 0 Å². The van der Waals surface area contributed by atoms with Gasteiger partial charge in [-0.15, -0.1) is 5.10 Å². The van der Waals surface area contributed by atoms with E-state index in [1.807, 2.05) is 42.5 Å². The maximum Gasteiger partial charge on any atom is 0.214 e. The SMILES string of the molecule is O=C(CSc1nnnn1-c1cccc2ccccc12)c1ccc(O)c(O)c1. The fourth-order valence-electron chi connectivity index (χ4n) is 2.72. The number of carbonyl (C=O) groups is 1. The standard InChI is InChI=1S/C19H14N4O3S/c24-16-9-8-13(10-17(16)25)18(26)11-27-19-20-21-22-23(19)15-7-3-5-12-4-1-2-6-14(12)15/h1-10,24-25H,11H2. The highest BCUT2D eigenvalue weighted by Gasteiger charge is 2.15. The summed E-state index contributed by atoms with van der Waals surface area (Å²) in [6.07, 6.45) is 0. The number of ketones is 1. The van der Waals surface area contributed by atoms with Gasteiger partial charge in [0.1, 0.15) is 0 Å². The number of nitrogens with zero attached hydrogens (tertiary/aromatic N) is 4. The van der Waals surface area contributed by atoms with Gasteiger partial charge in [0.15, 0.2) is 17.3 Å². The Labute approximate surface area is 158 Å². The summed E-state index contributed by atoms with van der Waals surface area (Å²) < 4.78 is 1.61. The van der Waals surface area contributed by atoms with Crippen LogP contribution in [0.25, 0.3) is 16.5 Å². The molecule has 0 bridgehead atoms. The smallest absolute Gasteiger partial charge is 0.214 e. The lowest BCUT2D eigenvalue weighted by molar-refractivity contribution is 0.102. The minimum atomic E-state index is -0.327. The van der Waals surface area contributed by atoms with Crippen LogP contribution < -0.4 is 0 Å². The third-order valence-corrected chi connectivity index (χ3v) is 4.98. The monoisotopic (exact) mass is 378 g/mol. The van der Waals surface area contributed by atoms with Crippen molar-refractivity contribution >= 4 is 28.3 Å². The van der Waals surface area contributed by atoms with E-state index in [-0.39, 0.29) is 23.0 Å². The molecule has 0 aliphatic rings. The second kappa shape index (κ2) is 7.08. The Morgan fingerprint density at radius 3 is 2.67 bits per heavy atom. The number of rotatable bonds is 5. The number of hydrogen-bond donors (Lipinski definition) is 2. The lowest BCUT2D eigenvalue weighted by Gasteiger charge is -2.08. The van der Waals surface area contributed by atoms with Gasteiger partial charge in [-0.25, -0.2) is 0 Å². The third kappa shape index (κ3) is 3.34. The molecule has 0 atom stereocenters. The predicted octanol–water partition coefficient (Wildman–Crippen LogP) is 3.20. The van der Waals surface area contributed by atoms with E-state index in [0.717, 1.165) is 16.5 Å². The fourth-order valence-corrected chi connectivity index (χ4v) is 3.50. The van der Waals surface area contributed by atoms with Gasteiger partial charge in [0.05, 0.1) is 11.4 Å². The Morgan fingerprint density at radius 1 is 1.00 bits per heavy atom. The van der Waals surface area contributed by atoms with Gasteiger partial charge >= 0.3 is 0 Å². The molecule has 3 aromatic carbocycles. The van der Waals surface area contributed by atoms with E-state index in [2.05, 4.69) is 15.5 Å². The number of phenolic OH excluding ortho intramolecular Hbond substituents is 2. The van der Waals surface area contributed by atoms with E-state index >= 15 is 0 Å². The van der Waals surface area contributed by atoms with E-state index in [0.29, 0.717) is 10.7 Å². The van der Waals surface area contributed by atoms with Crippen molar-refractivity contribution in [3.8, 4) is 17.2 Å². The maximum atomic E-state index is 12.4. The highest BCUT2D eigenvalue weighted by atomic mass is 32.2. The molecule has 7 nitrogen and oxygen atoms in total. The van der Waals surface area contributed by atoms with Crippen molar-refractivity contribution in [2.75, 3.05) is 5.75 Å². The molecule has 1 aromatic heterocycles. The molecule has 2 N–H and O–H groups in total. The summed E-state index contributed by atoms with van der Waals surface area (Å²) in [6, 6.07) is 17.8. The topological polar surface area (TPSA) is 101 Å². The van der Waals surface area contributed by atoms with E-state index < -0.39 is 0 Å². The van der Waals surface area contributed by atoms with Crippen molar-refractivity contribution in [1.29, 1.82) is 0 Å². The van der Waals surface area contributed by atoms with E-state index in [1.165, 1.54) is 30.0 Å². The van der Waals surface area contributed by atoms with Crippen LogP contribution in [-0.2, 0) is 0 Å². The van der Waals surface area contributed by atoms with Crippen LogP contribution in [0.5, 0.6) is 11.5 Å². The zero-order valence-corrected chi connectivity index (χ0v) is 14.8. The average Bonchev–Trinajstić information content (AvgIpc) is 3.16. The van der Waals surface area contributed by atoms with Crippen LogP contribution in [0, 0.1) is 0 Å². The molecule has 0 saturated heterocycles. The minimum Gasteiger partial charge on any atom is -0.504 e. The Hall–Kier alpha value is -3.39. The third-order valence-electron chi connectivity index (χ3n) is 4.07. The van der Waals surface area contributed by atoms with Gasteiger partial charge in [0, 0.05) is 10.9 Å². The first-order valence-corrected chi connectivity index (χ1v) is 9.06. The first-order chi connectivity index (χ1) is 13.1. The van der Waals surface area contributed by atoms with Crippen LogP contribution in [0.4, 0.5) is 0 Å². The van der Waals surface area contributed by atoms with E-state index in [4.69, 9.17) is 0 Å². The average molecular weight is 378 g/mol. The summed E-state index contributed by atoms with van der Waals surface area (Å²) in [5, 5.41) is 33.3. The number of fused-ring (bicyclic) bond motifs is 1. The van der Waals surface area contributed by atoms with E-state index in [1.54, 1.807) is 4.68 Å². The van der Waals surface area contributed by atoms with Gasteiger partial charge in [-0.3, -0.25) is 4.79 Å². The first kappa shape index (κ1) is 17.0. The predicted molar refractivity (Wildman–Crippen MR) is 101 cm³/mol. The normalized spacial score (nSPS) is 11.0. The van der Waals surface area contributed by atoms with Crippen LogP contribution in [0.1, 0.15) is 10.4 Å². The van der Waals surface area contributed by atoms with Crippen molar-refractivity contribution < 1.29 is 15.0 Å². The molecule has 1 heterocycles. The molecule has 0 amide bonds. The van der Waals surface area contributed by atoms with Gasteiger partial charge in [-0.05, 0) is 40.1 Å². The van der Waals surface area contributed by atoms with Crippen LogP contribution in [-0.4, -0.2) is 42.0 Å². The Balaban J connectivity index is 1.59. The molecule has 0 unspecified atom stereocenters. The summed E-state index contributed by atoms with van der Waals surface area (Å²) in [7, 11) is 0. The fraction of sp³-hybridized carbons (Fsp3) is 0.0526. The summed E-state index contributed by atoms with van der Waals surface area (Å²) in [4.78, 5) is 12.4. The van der Waals surface area contributed by atoms with Crippen LogP contribution in [0.2, 0.25) is 0 Å². The number of thioether (sulfide) groups is 1. The Bertz CT molecular complexity index is 1140. The van der Waals surface area contributed by atoms with Gasteiger partial charge in [0.2, 0.25) is 5.16 Å².